The summed E-state index contributed by atoms with van der Waals surface area (Å²) in [4.78, 5) is 15.1. The summed E-state index contributed by atoms with van der Waals surface area (Å²) in [5.74, 6) is -0.960. The van der Waals surface area contributed by atoms with Gasteiger partial charge < -0.3 is 10.1 Å². The van der Waals surface area contributed by atoms with Crippen molar-refractivity contribution in [3.05, 3.63) is 95.8 Å². The number of benzene rings is 3. The Kier molecular flexibility index (Phi) is 8.12. The first-order valence-electron chi connectivity index (χ1n) is 11.4. The maximum atomic E-state index is 13.4. The van der Waals surface area contributed by atoms with Crippen molar-refractivity contribution < 1.29 is 22.3 Å². The Morgan fingerprint density at radius 2 is 1.54 bits per heavy atom. The minimum Gasteiger partial charge on any atom is -0.379 e. The van der Waals surface area contributed by atoms with Crippen molar-refractivity contribution in [1.82, 2.24) is 10.2 Å². The number of nitrogens with one attached hydrogen (secondary N) is 1. The van der Waals surface area contributed by atoms with E-state index in [1.807, 2.05) is 24.3 Å². The summed E-state index contributed by atoms with van der Waals surface area (Å²) in [7, 11) is -4.03. The molecule has 0 saturated carbocycles. The normalized spacial score (nSPS) is 14.4. The molecule has 1 heterocycles. The van der Waals surface area contributed by atoms with Gasteiger partial charge in [-0.05, 0) is 47.5 Å². The number of carbonyl (C=O) groups is 1. The number of morpholine rings is 1. The maximum Gasteiger partial charge on any atom is 0.264 e. The van der Waals surface area contributed by atoms with Crippen LogP contribution in [0.5, 0.6) is 0 Å². The highest BCUT2D eigenvalue weighted by Crippen LogP contribution is 2.23. The van der Waals surface area contributed by atoms with Crippen LogP contribution in [0.3, 0.4) is 0 Å². The van der Waals surface area contributed by atoms with Gasteiger partial charge in [-0.1, -0.05) is 42.5 Å². The molecule has 184 valence electrons. The number of rotatable bonds is 9. The maximum absolute atomic E-state index is 13.4. The minimum absolute atomic E-state index is 0.0491. The molecule has 1 amide bonds. The molecule has 1 N–H and O–H groups in total. The number of nitrogens with zero attached hydrogens (tertiary/aromatic N) is 2. The Hall–Kier alpha value is -3.27. The average Bonchev–Trinajstić information content (AvgIpc) is 2.88. The van der Waals surface area contributed by atoms with Crippen molar-refractivity contribution in [2.75, 3.05) is 37.2 Å². The van der Waals surface area contributed by atoms with E-state index < -0.39 is 28.3 Å². The van der Waals surface area contributed by atoms with Crippen molar-refractivity contribution in [3.63, 3.8) is 0 Å². The highest BCUT2D eigenvalue weighted by molar-refractivity contribution is 7.92. The minimum atomic E-state index is -4.03. The van der Waals surface area contributed by atoms with Gasteiger partial charge >= 0.3 is 0 Å². The first kappa shape index (κ1) is 24.8. The Morgan fingerprint density at radius 1 is 0.914 bits per heavy atom. The highest BCUT2D eigenvalue weighted by Gasteiger charge is 2.27. The second-order valence-electron chi connectivity index (χ2n) is 8.28. The van der Waals surface area contributed by atoms with E-state index in [2.05, 4.69) is 10.2 Å². The molecule has 0 spiro atoms. The van der Waals surface area contributed by atoms with Crippen LogP contribution in [0, 0.1) is 5.82 Å². The standard InChI is InChI=1S/C26H28FN3O4S/c27-23-10-12-24(13-11-23)30(35(32,33)25-4-2-1-3-5-25)20-26(31)28-18-21-6-8-22(9-7-21)19-29-14-16-34-17-15-29/h1-13H,14-20H2,(H,28,31). The van der Waals surface area contributed by atoms with Gasteiger partial charge in [0.05, 0.1) is 23.8 Å². The van der Waals surface area contributed by atoms with Crippen LogP contribution in [0.2, 0.25) is 0 Å². The van der Waals surface area contributed by atoms with Crippen LogP contribution < -0.4 is 9.62 Å². The zero-order chi connectivity index (χ0) is 24.7. The van der Waals surface area contributed by atoms with Gasteiger partial charge in [-0.2, -0.15) is 0 Å². The number of ether oxygens (including phenoxy) is 1. The van der Waals surface area contributed by atoms with Gasteiger partial charge in [0, 0.05) is 26.2 Å². The third-order valence-corrected chi connectivity index (χ3v) is 7.54. The van der Waals surface area contributed by atoms with Gasteiger partial charge in [-0.3, -0.25) is 14.0 Å². The summed E-state index contributed by atoms with van der Waals surface area (Å²) in [5, 5.41) is 2.79. The second kappa shape index (κ2) is 11.4. The molecule has 4 rings (SSSR count). The van der Waals surface area contributed by atoms with Crippen molar-refractivity contribution in [1.29, 1.82) is 0 Å². The Balaban J connectivity index is 1.41. The first-order chi connectivity index (χ1) is 16.9. The molecule has 0 bridgehead atoms. The zero-order valence-electron chi connectivity index (χ0n) is 19.3. The third-order valence-electron chi connectivity index (χ3n) is 5.76. The van der Waals surface area contributed by atoms with Crippen LogP contribution in [0.25, 0.3) is 0 Å². The van der Waals surface area contributed by atoms with Gasteiger partial charge in [0.2, 0.25) is 5.91 Å². The molecular formula is C26H28FN3O4S. The van der Waals surface area contributed by atoms with Gasteiger partial charge in [0.25, 0.3) is 10.0 Å². The first-order valence-corrected chi connectivity index (χ1v) is 12.8. The van der Waals surface area contributed by atoms with E-state index in [1.54, 1.807) is 18.2 Å². The summed E-state index contributed by atoms with van der Waals surface area (Å²) >= 11 is 0. The summed E-state index contributed by atoms with van der Waals surface area (Å²) in [6.07, 6.45) is 0. The summed E-state index contributed by atoms with van der Waals surface area (Å²) in [6.45, 7) is 4.00. The fourth-order valence-corrected chi connectivity index (χ4v) is 5.25. The van der Waals surface area contributed by atoms with Crippen LogP contribution >= 0.6 is 0 Å². The topological polar surface area (TPSA) is 79.0 Å². The fraction of sp³-hybridized carbons (Fsp3) is 0.269. The molecule has 7 nitrogen and oxygen atoms in total. The largest absolute Gasteiger partial charge is 0.379 e. The van der Waals surface area contributed by atoms with Gasteiger partial charge in [-0.15, -0.1) is 0 Å². The van der Waals surface area contributed by atoms with E-state index in [1.165, 1.54) is 42.0 Å². The molecule has 0 unspecified atom stereocenters. The summed E-state index contributed by atoms with van der Waals surface area (Å²) in [6, 6.07) is 20.8. The molecule has 1 aliphatic heterocycles. The van der Waals surface area contributed by atoms with Crippen molar-refractivity contribution in [3.8, 4) is 0 Å². The molecule has 0 aromatic heterocycles. The molecule has 3 aromatic rings. The third kappa shape index (κ3) is 6.66. The van der Waals surface area contributed by atoms with Crippen LogP contribution in [0.1, 0.15) is 11.1 Å². The number of anilines is 1. The average molecular weight is 498 g/mol. The number of hydrogen-bond acceptors (Lipinski definition) is 5. The lowest BCUT2D eigenvalue weighted by molar-refractivity contribution is -0.119. The highest BCUT2D eigenvalue weighted by atomic mass is 32.2. The van der Waals surface area contributed by atoms with E-state index >= 15 is 0 Å². The van der Waals surface area contributed by atoms with Crippen LogP contribution in [0.4, 0.5) is 10.1 Å². The molecule has 0 radical (unpaired) electrons. The Labute approximate surface area is 205 Å². The van der Waals surface area contributed by atoms with Crippen molar-refractivity contribution >= 4 is 21.6 Å². The molecule has 9 heteroatoms. The van der Waals surface area contributed by atoms with Crippen LogP contribution in [0.15, 0.2) is 83.8 Å². The Morgan fingerprint density at radius 3 is 2.20 bits per heavy atom. The zero-order valence-corrected chi connectivity index (χ0v) is 20.1. The van der Waals surface area contributed by atoms with Gasteiger partial charge in [-0.25, -0.2) is 12.8 Å². The second-order valence-corrected chi connectivity index (χ2v) is 10.1. The molecule has 0 aliphatic carbocycles. The van der Waals surface area contributed by atoms with E-state index in [0.717, 1.165) is 42.7 Å². The molecule has 35 heavy (non-hydrogen) atoms. The molecule has 1 fully saturated rings. The van der Waals surface area contributed by atoms with E-state index in [-0.39, 0.29) is 17.1 Å². The molecular weight excluding hydrogens is 469 g/mol. The molecule has 0 atom stereocenters. The monoisotopic (exact) mass is 497 g/mol. The quantitative estimate of drug-likeness (QED) is 0.491. The lowest BCUT2D eigenvalue weighted by Crippen LogP contribution is -2.40. The SMILES string of the molecule is O=C(CN(c1ccc(F)cc1)S(=O)(=O)c1ccccc1)NCc1ccc(CN2CCOCC2)cc1. The molecule has 1 aliphatic rings. The fourth-order valence-electron chi connectivity index (χ4n) is 3.81. The summed E-state index contributed by atoms with van der Waals surface area (Å²) < 4.78 is 46.3. The predicted molar refractivity (Wildman–Crippen MR) is 132 cm³/mol. The van der Waals surface area contributed by atoms with E-state index in [9.17, 15) is 17.6 Å². The van der Waals surface area contributed by atoms with Crippen molar-refractivity contribution in [2.45, 2.75) is 18.0 Å². The smallest absolute Gasteiger partial charge is 0.264 e. The van der Waals surface area contributed by atoms with Gasteiger partial charge in [0.15, 0.2) is 0 Å². The number of carbonyl (C=O) groups excluding carboxylic acids is 1. The lowest BCUT2D eigenvalue weighted by Gasteiger charge is -2.26. The number of halogens is 1. The predicted octanol–water partition coefficient (Wildman–Crippen LogP) is 3.17. The number of sulfonamides is 1. The van der Waals surface area contributed by atoms with Crippen LogP contribution in [-0.4, -0.2) is 52.1 Å². The van der Waals surface area contributed by atoms with Gasteiger partial charge in [0.1, 0.15) is 12.4 Å². The van der Waals surface area contributed by atoms with E-state index in [4.69, 9.17) is 4.74 Å². The molecule has 1 saturated heterocycles. The van der Waals surface area contributed by atoms with Crippen molar-refractivity contribution in [2.24, 2.45) is 0 Å². The Bertz CT molecular complexity index is 1210. The lowest BCUT2D eigenvalue weighted by atomic mass is 10.1. The summed E-state index contributed by atoms with van der Waals surface area (Å²) in [5.41, 5.74) is 2.29. The number of hydrogen-bond donors (Lipinski definition) is 1. The molecule has 3 aromatic carbocycles. The van der Waals surface area contributed by atoms with Crippen LogP contribution in [-0.2, 0) is 32.6 Å². The number of amides is 1. The van der Waals surface area contributed by atoms with E-state index in [0.29, 0.717) is 0 Å².